The average molecular weight is 512 g/mol. The van der Waals surface area contributed by atoms with E-state index in [2.05, 4.69) is 20.0 Å². The van der Waals surface area contributed by atoms with Crippen molar-refractivity contribution >= 4 is 27.7 Å². The number of anilines is 1. The molecule has 0 unspecified atom stereocenters. The molecule has 1 aliphatic carbocycles. The normalized spacial score (nSPS) is 27.8. The van der Waals surface area contributed by atoms with Crippen molar-refractivity contribution in [3.63, 3.8) is 0 Å². The molecule has 2 atom stereocenters. The zero-order valence-corrected chi connectivity index (χ0v) is 21.6. The lowest BCUT2D eigenvalue weighted by Crippen LogP contribution is -2.71. The second-order valence-electron chi connectivity index (χ2n) is 10.9. The van der Waals surface area contributed by atoms with Gasteiger partial charge in [-0.1, -0.05) is 0 Å². The molecule has 1 amide bonds. The van der Waals surface area contributed by atoms with Crippen molar-refractivity contribution in [1.29, 1.82) is 5.26 Å². The molecule has 2 fully saturated rings. The molecule has 190 valence electrons. The number of fused-ring (bicyclic) bond motifs is 1. The van der Waals surface area contributed by atoms with Crippen LogP contribution >= 0.6 is 0 Å². The zero-order chi connectivity index (χ0) is 26.1. The number of amidine groups is 1. The summed E-state index contributed by atoms with van der Waals surface area (Å²) in [6, 6.07) is 6.13. The summed E-state index contributed by atoms with van der Waals surface area (Å²) in [5.41, 5.74) is 6.12. The fourth-order valence-corrected chi connectivity index (χ4v) is 9.35. The first-order chi connectivity index (χ1) is 16.8. The summed E-state index contributed by atoms with van der Waals surface area (Å²) in [6.45, 7) is 7.71. The summed E-state index contributed by atoms with van der Waals surface area (Å²) < 4.78 is 32.4. The molecule has 0 aromatic carbocycles. The monoisotopic (exact) mass is 511 g/mol. The molecule has 1 spiro atoms. The first kappa shape index (κ1) is 24.5. The molecule has 0 bridgehead atoms. The van der Waals surface area contributed by atoms with Crippen LogP contribution in [0.4, 0.5) is 10.2 Å². The molecule has 1 saturated heterocycles. The highest BCUT2D eigenvalue weighted by molar-refractivity contribution is 8.04. The zero-order valence-electron chi connectivity index (χ0n) is 20.7. The number of amides is 1. The largest absolute Gasteiger partial charge is 0.386 e. The van der Waals surface area contributed by atoms with Gasteiger partial charge in [0.15, 0.2) is 0 Å². The fraction of sp³-hybridized carbons (Fsp3) is 0.480. The minimum Gasteiger partial charge on any atom is -0.386 e. The summed E-state index contributed by atoms with van der Waals surface area (Å²) in [6.07, 6.45) is 4.00. The van der Waals surface area contributed by atoms with Crippen LogP contribution in [0.3, 0.4) is 0 Å². The van der Waals surface area contributed by atoms with Crippen LogP contribution in [-0.2, 0) is 15.7 Å². The third-order valence-electron chi connectivity index (χ3n) is 8.16. The van der Waals surface area contributed by atoms with Crippen LogP contribution in [0.2, 0.25) is 0 Å². The third-order valence-corrected chi connectivity index (χ3v) is 12.2. The molecule has 11 heteroatoms. The first-order valence-corrected chi connectivity index (χ1v) is 13.7. The number of pyridine rings is 2. The van der Waals surface area contributed by atoms with Gasteiger partial charge >= 0.3 is 0 Å². The van der Waals surface area contributed by atoms with Crippen LogP contribution in [0.25, 0.3) is 0 Å². The molecule has 36 heavy (non-hydrogen) atoms. The van der Waals surface area contributed by atoms with Crippen LogP contribution in [0.1, 0.15) is 67.3 Å². The minimum atomic E-state index is -3.16. The summed E-state index contributed by atoms with van der Waals surface area (Å²) in [5.74, 6) is -0.846. The van der Waals surface area contributed by atoms with E-state index in [1.807, 2.05) is 19.9 Å². The molecule has 1 saturated carbocycles. The second kappa shape index (κ2) is 7.88. The van der Waals surface area contributed by atoms with E-state index in [0.29, 0.717) is 24.1 Å². The van der Waals surface area contributed by atoms with Gasteiger partial charge in [0, 0.05) is 12.7 Å². The van der Waals surface area contributed by atoms with E-state index >= 15 is 4.39 Å². The van der Waals surface area contributed by atoms with Gasteiger partial charge in [0.05, 0.1) is 15.6 Å². The fourth-order valence-electron chi connectivity index (χ4n) is 5.46. The summed E-state index contributed by atoms with van der Waals surface area (Å²) in [4.78, 5) is 26.2. The van der Waals surface area contributed by atoms with E-state index in [-0.39, 0.29) is 28.5 Å². The Kier molecular flexibility index (Phi) is 5.36. The topological polar surface area (TPSA) is 146 Å². The van der Waals surface area contributed by atoms with Crippen molar-refractivity contribution in [2.45, 2.75) is 62.5 Å². The SMILES string of the molecule is Cc1cc(C#N)cnc1C(=O)Nc1ccc(F)c([C@@]2(C)N=C(N)C(C)(C)[SH]3(=O)NCC4(CC4)C[C@H]23)n1. The van der Waals surface area contributed by atoms with Crippen LogP contribution < -0.4 is 15.8 Å². The smallest absolute Gasteiger partial charge is 0.275 e. The molecule has 0 radical (unpaired) electrons. The number of aliphatic imine (C=N–C) groups is 1. The highest BCUT2D eigenvalue weighted by Crippen LogP contribution is 2.59. The van der Waals surface area contributed by atoms with Gasteiger partial charge in [0.2, 0.25) is 0 Å². The first-order valence-electron chi connectivity index (χ1n) is 11.9. The third kappa shape index (κ3) is 3.54. The number of carbonyl (C=O) groups is 1. The molecule has 2 aromatic heterocycles. The second-order valence-corrected chi connectivity index (χ2v) is 14.3. The summed E-state index contributed by atoms with van der Waals surface area (Å²) in [5, 5.41) is 11.2. The van der Waals surface area contributed by atoms with Gasteiger partial charge in [-0.2, -0.15) is 5.26 Å². The van der Waals surface area contributed by atoms with Crippen LogP contribution in [0.15, 0.2) is 29.4 Å². The van der Waals surface area contributed by atoms with E-state index in [0.717, 1.165) is 12.8 Å². The minimum absolute atomic E-state index is 0.00650. The lowest BCUT2D eigenvalue weighted by atomic mass is 9.84. The van der Waals surface area contributed by atoms with Gasteiger partial charge in [-0.15, -0.1) is 0 Å². The molecule has 2 aliphatic heterocycles. The van der Waals surface area contributed by atoms with E-state index in [1.54, 1.807) is 19.9 Å². The standard InChI is InChI=1S/C25H30FN7O2S/c1-14-9-15(11-27)12-29-19(14)21(34)32-18-6-5-16(26)20(31-18)24(4)17-10-25(7-8-25)13-30-36(17,35)23(2,3)22(28)33-24/h5-6,9,12,17,36H,7-8,10,13H2,1-4H3,(H2,28,33)(H,30,35)(H,31,32,34)/t17-,24+/m1/s1. The number of aryl methyl sites for hydroxylation is 1. The van der Waals surface area contributed by atoms with Gasteiger partial charge < -0.3 is 11.1 Å². The van der Waals surface area contributed by atoms with Crippen molar-refractivity contribution in [3.05, 3.63) is 52.7 Å². The number of thiol groups is 1. The van der Waals surface area contributed by atoms with E-state index < -0.39 is 37.4 Å². The van der Waals surface area contributed by atoms with Crippen LogP contribution in [0, 0.1) is 29.5 Å². The lowest BCUT2D eigenvalue weighted by Gasteiger charge is -2.57. The number of carbonyl (C=O) groups excluding carboxylic acids is 1. The molecule has 9 nitrogen and oxygen atoms in total. The average Bonchev–Trinajstić information content (AvgIpc) is 3.59. The Morgan fingerprint density at radius 2 is 2.06 bits per heavy atom. The highest BCUT2D eigenvalue weighted by atomic mass is 32.3. The summed E-state index contributed by atoms with van der Waals surface area (Å²) in [7, 11) is -3.16. The predicted molar refractivity (Wildman–Crippen MR) is 137 cm³/mol. The molecule has 4 N–H and O–H groups in total. The van der Waals surface area contributed by atoms with E-state index in [4.69, 9.17) is 16.0 Å². The number of nitrogens with two attached hydrogens (primary N) is 1. The molecule has 3 aliphatic rings. The number of nitriles is 1. The number of rotatable bonds is 3. The van der Waals surface area contributed by atoms with Gasteiger partial charge in [0.1, 0.15) is 40.5 Å². The lowest BCUT2D eigenvalue weighted by molar-refractivity contribution is 0.102. The van der Waals surface area contributed by atoms with E-state index in [9.17, 15) is 9.00 Å². The molecular formula is C25H30FN7O2S. The van der Waals surface area contributed by atoms with Crippen molar-refractivity contribution in [3.8, 4) is 6.07 Å². The van der Waals surface area contributed by atoms with Crippen molar-refractivity contribution < 1.29 is 13.4 Å². The molecule has 2 aromatic rings. The Hall–Kier alpha value is -3.23. The van der Waals surface area contributed by atoms with Gasteiger partial charge in [-0.25, -0.2) is 14.4 Å². The Bertz CT molecular complexity index is 1410. The number of hydrogen-bond donors (Lipinski definition) is 4. The number of hydrogen-bond acceptors (Lipinski definition) is 7. The maximum atomic E-state index is 15.4. The Morgan fingerprint density at radius 3 is 2.69 bits per heavy atom. The van der Waals surface area contributed by atoms with Gasteiger partial charge in [-0.3, -0.25) is 18.7 Å². The van der Waals surface area contributed by atoms with Crippen molar-refractivity contribution in [2.24, 2.45) is 16.1 Å². The maximum Gasteiger partial charge on any atom is 0.275 e. The quantitative estimate of drug-likeness (QED) is 0.466. The van der Waals surface area contributed by atoms with Crippen molar-refractivity contribution in [2.75, 3.05) is 11.9 Å². The van der Waals surface area contributed by atoms with Crippen molar-refractivity contribution in [1.82, 2.24) is 14.7 Å². The predicted octanol–water partition coefficient (Wildman–Crippen LogP) is 2.49. The Morgan fingerprint density at radius 1 is 1.33 bits per heavy atom. The van der Waals surface area contributed by atoms with E-state index in [1.165, 1.54) is 18.3 Å². The number of halogens is 1. The number of nitrogens with zero attached hydrogens (tertiary/aromatic N) is 4. The molecular weight excluding hydrogens is 481 g/mol. The Balaban J connectivity index is 1.55. The van der Waals surface area contributed by atoms with Crippen LogP contribution in [0.5, 0.6) is 0 Å². The van der Waals surface area contributed by atoms with Crippen LogP contribution in [-0.4, -0.2) is 42.5 Å². The van der Waals surface area contributed by atoms with Gasteiger partial charge in [0.25, 0.3) is 5.91 Å². The summed E-state index contributed by atoms with van der Waals surface area (Å²) >= 11 is 0. The Labute approximate surface area is 210 Å². The highest BCUT2D eigenvalue weighted by Gasteiger charge is 2.63. The number of nitrogens with one attached hydrogen (secondary N) is 2. The molecule has 4 heterocycles. The number of aromatic nitrogens is 2. The molecule has 5 rings (SSSR count). The van der Waals surface area contributed by atoms with Gasteiger partial charge in [-0.05, 0) is 86.3 Å². The maximum absolute atomic E-state index is 15.4.